The van der Waals surface area contributed by atoms with Crippen molar-refractivity contribution in [2.24, 2.45) is 5.41 Å². The summed E-state index contributed by atoms with van der Waals surface area (Å²) >= 11 is 0. The number of fused-ring (bicyclic) bond motifs is 6. The van der Waals surface area contributed by atoms with Gasteiger partial charge >= 0.3 is 17.9 Å². The monoisotopic (exact) mass is 742 g/mol. The highest BCUT2D eigenvalue weighted by Crippen LogP contribution is 2.47. The maximum atomic E-state index is 13.2. The van der Waals surface area contributed by atoms with Gasteiger partial charge in [-0.2, -0.15) is 0 Å². The fourth-order valence-corrected chi connectivity index (χ4v) is 7.50. The number of carbonyl (C=O) groups excluding carboxylic acids is 3. The van der Waals surface area contributed by atoms with E-state index in [9.17, 15) is 29.7 Å². The van der Waals surface area contributed by atoms with E-state index >= 15 is 0 Å². The molecule has 3 N–H and O–H groups in total. The lowest BCUT2D eigenvalue weighted by Crippen LogP contribution is -2.62. The second-order valence-electron chi connectivity index (χ2n) is 15.4. The number of hydrogen-bond acceptors (Lipinski definition) is 12. The average Bonchev–Trinajstić information content (AvgIpc) is 3.06. The van der Waals surface area contributed by atoms with Crippen LogP contribution in [0, 0.1) is 5.41 Å². The normalized spacial score (nSPS) is 36.2. The molecule has 0 aromatic rings. The zero-order valence-corrected chi connectivity index (χ0v) is 31.6. The maximum absolute atomic E-state index is 13.2. The van der Waals surface area contributed by atoms with Crippen molar-refractivity contribution < 1.29 is 58.1 Å². The highest BCUT2D eigenvalue weighted by atomic mass is 16.7. The van der Waals surface area contributed by atoms with Crippen LogP contribution in [0.15, 0.2) is 72.9 Å². The number of methoxy groups -OCH3 is 1. The fraction of sp³-hybridized carbons (Fsp3) is 0.634. The topological polar surface area (TPSA) is 167 Å². The number of aliphatic hydroxyl groups is 3. The van der Waals surface area contributed by atoms with Gasteiger partial charge in [0.25, 0.3) is 0 Å². The fourth-order valence-electron chi connectivity index (χ4n) is 7.50. The Labute approximate surface area is 313 Å². The summed E-state index contributed by atoms with van der Waals surface area (Å²) in [4.78, 5) is 39.1. The predicted molar refractivity (Wildman–Crippen MR) is 196 cm³/mol. The molecule has 3 saturated heterocycles. The van der Waals surface area contributed by atoms with Crippen molar-refractivity contribution in [1.29, 1.82) is 0 Å². The Hall–Kier alpha value is -3.39. The van der Waals surface area contributed by atoms with E-state index in [1.807, 2.05) is 6.08 Å². The van der Waals surface area contributed by atoms with Gasteiger partial charge in [0, 0.05) is 37.2 Å². The molecular weight excluding hydrogens is 684 g/mol. The minimum Gasteiger partial charge on any atom is -0.466 e. The third kappa shape index (κ3) is 11.8. The van der Waals surface area contributed by atoms with Gasteiger partial charge in [0.05, 0.1) is 56.3 Å². The number of cyclic esters (lactones) is 1. The number of rotatable bonds is 7. The molecule has 4 aliphatic heterocycles. The van der Waals surface area contributed by atoms with E-state index in [-0.39, 0.29) is 56.0 Å². The lowest BCUT2D eigenvalue weighted by molar-refractivity contribution is -0.327. The van der Waals surface area contributed by atoms with Crippen LogP contribution >= 0.6 is 0 Å². The number of allylic oxidation sites excluding steroid dienone is 3. The van der Waals surface area contributed by atoms with Crippen LogP contribution in [-0.2, 0) is 42.8 Å². The molecule has 0 amide bonds. The number of carbonyl (C=O) groups is 3. The Morgan fingerprint density at radius 1 is 1.00 bits per heavy atom. The van der Waals surface area contributed by atoms with Crippen LogP contribution < -0.4 is 0 Å². The van der Waals surface area contributed by atoms with Gasteiger partial charge < -0.3 is 43.7 Å². The standard InChI is InChI=1S/C41H58O12/c1-8-9-10-11-12-36(44)52-39-28(20-37(45)48-7)19-34-24-35(27(4)42)51-38(46)22-29(43)21-31-16-26(3)18-33(50-31)23-32-17-25(2)15-30(49-32)13-14-40(5,6)41(39,47)53-34/h8-10,13-14,20,27,29-35,39,42-43,47H,1-3,11-12,15-19,21-24H2,4-7H3/b10-9+,14-13-,28-20+/t27-,29-,30+,31+,32+,33-,34+,35-,39+,41-/m1/s1. The Bertz CT molecular complexity index is 1440. The molecule has 294 valence electrons. The molecule has 12 heteroatoms. The molecule has 4 rings (SSSR count). The van der Waals surface area contributed by atoms with Gasteiger partial charge in [-0.15, -0.1) is 0 Å². The largest absolute Gasteiger partial charge is 0.466 e. The van der Waals surface area contributed by atoms with Gasteiger partial charge in [0.15, 0.2) is 6.10 Å². The Kier molecular flexibility index (Phi) is 15.0. The molecule has 0 radical (unpaired) electrons. The summed E-state index contributed by atoms with van der Waals surface area (Å²) in [5.41, 5.74) is 0.907. The summed E-state index contributed by atoms with van der Waals surface area (Å²) in [6.45, 7) is 17.0. The van der Waals surface area contributed by atoms with E-state index < -0.39 is 65.7 Å². The van der Waals surface area contributed by atoms with Crippen molar-refractivity contribution in [3.05, 3.63) is 72.9 Å². The average molecular weight is 743 g/mol. The first kappa shape index (κ1) is 42.4. The van der Waals surface area contributed by atoms with Crippen molar-refractivity contribution in [1.82, 2.24) is 0 Å². The minimum atomic E-state index is -2.28. The summed E-state index contributed by atoms with van der Waals surface area (Å²) in [7, 11) is 1.21. The molecule has 10 atom stereocenters. The van der Waals surface area contributed by atoms with Crippen LogP contribution in [0.2, 0.25) is 0 Å². The molecule has 6 bridgehead atoms. The molecule has 0 aromatic heterocycles. The Balaban J connectivity index is 1.76. The van der Waals surface area contributed by atoms with Crippen molar-refractivity contribution in [2.45, 2.75) is 152 Å². The molecule has 4 heterocycles. The highest BCUT2D eigenvalue weighted by Gasteiger charge is 2.57. The van der Waals surface area contributed by atoms with Crippen molar-refractivity contribution in [3.8, 4) is 0 Å². The van der Waals surface area contributed by atoms with Crippen LogP contribution in [-0.4, -0.2) is 101 Å². The van der Waals surface area contributed by atoms with Gasteiger partial charge in [-0.05, 0) is 51.0 Å². The Morgan fingerprint density at radius 2 is 1.66 bits per heavy atom. The molecule has 12 nitrogen and oxygen atoms in total. The summed E-state index contributed by atoms with van der Waals surface area (Å²) < 4.78 is 36.0. The summed E-state index contributed by atoms with van der Waals surface area (Å²) in [6.07, 6.45) is 5.86. The van der Waals surface area contributed by atoms with Crippen LogP contribution in [0.1, 0.15) is 91.4 Å². The minimum absolute atomic E-state index is 0.0216. The first-order chi connectivity index (χ1) is 25.0. The van der Waals surface area contributed by atoms with E-state index in [2.05, 4.69) is 19.7 Å². The Morgan fingerprint density at radius 3 is 2.32 bits per heavy atom. The molecule has 3 fully saturated rings. The molecule has 53 heavy (non-hydrogen) atoms. The number of esters is 3. The predicted octanol–water partition coefficient (Wildman–Crippen LogP) is 5.02. The third-order valence-corrected chi connectivity index (χ3v) is 10.3. The van der Waals surface area contributed by atoms with Crippen LogP contribution in [0.3, 0.4) is 0 Å². The van der Waals surface area contributed by atoms with E-state index in [1.165, 1.54) is 20.1 Å². The van der Waals surface area contributed by atoms with Crippen molar-refractivity contribution in [3.63, 3.8) is 0 Å². The molecule has 0 aromatic carbocycles. The molecule has 0 unspecified atom stereocenters. The van der Waals surface area contributed by atoms with Gasteiger partial charge in [-0.25, -0.2) is 4.79 Å². The lowest BCUT2D eigenvalue weighted by atomic mass is 9.74. The lowest BCUT2D eigenvalue weighted by Gasteiger charge is -2.51. The zero-order valence-electron chi connectivity index (χ0n) is 31.6. The van der Waals surface area contributed by atoms with Crippen molar-refractivity contribution >= 4 is 17.9 Å². The number of aliphatic hydroxyl groups excluding tert-OH is 2. The number of hydrogen-bond donors (Lipinski definition) is 3. The van der Waals surface area contributed by atoms with Gasteiger partial charge in [0.2, 0.25) is 5.79 Å². The first-order valence-corrected chi connectivity index (χ1v) is 18.6. The summed E-state index contributed by atoms with van der Waals surface area (Å²) in [5, 5.41) is 34.4. The zero-order chi connectivity index (χ0) is 38.9. The van der Waals surface area contributed by atoms with E-state index in [0.29, 0.717) is 38.5 Å². The highest BCUT2D eigenvalue weighted by molar-refractivity contribution is 5.83. The van der Waals surface area contributed by atoms with E-state index in [4.69, 9.17) is 28.4 Å². The van der Waals surface area contributed by atoms with E-state index in [0.717, 1.165) is 11.1 Å². The second kappa shape index (κ2) is 18.8. The molecular formula is C41H58O12. The summed E-state index contributed by atoms with van der Waals surface area (Å²) in [5.74, 6) is -4.39. The first-order valence-electron chi connectivity index (χ1n) is 18.6. The quantitative estimate of drug-likeness (QED) is 0.105. The molecule has 0 spiro atoms. The maximum Gasteiger partial charge on any atom is 0.330 e. The van der Waals surface area contributed by atoms with Crippen LogP contribution in [0.25, 0.3) is 0 Å². The van der Waals surface area contributed by atoms with Crippen LogP contribution in [0.4, 0.5) is 0 Å². The van der Waals surface area contributed by atoms with Crippen LogP contribution in [0.5, 0.6) is 0 Å². The molecule has 0 aliphatic carbocycles. The smallest absolute Gasteiger partial charge is 0.330 e. The van der Waals surface area contributed by atoms with Gasteiger partial charge in [-0.1, -0.05) is 75.1 Å². The SMILES string of the molecule is C=C/C=C/CCC(=O)O[C@H]1/C(=C/C(=O)OC)C[C@H]2C[C@H]([C@@H](C)O)OC(=O)C[C@H](O)C[C@@H]3CC(=C)C[C@H](C[C@@H]4CC(=C)C[C@H](/C=C\C(C)(C)[C@]1(O)O2)O4)O3. The summed E-state index contributed by atoms with van der Waals surface area (Å²) in [6, 6.07) is 0. The number of ether oxygens (including phenoxy) is 6. The van der Waals surface area contributed by atoms with Gasteiger partial charge in [0.1, 0.15) is 6.10 Å². The van der Waals surface area contributed by atoms with Crippen molar-refractivity contribution in [2.75, 3.05) is 7.11 Å². The molecule has 0 saturated carbocycles. The van der Waals surface area contributed by atoms with Gasteiger partial charge in [-0.3, -0.25) is 9.59 Å². The molecule has 4 aliphatic rings. The second-order valence-corrected chi connectivity index (χ2v) is 15.4. The van der Waals surface area contributed by atoms with E-state index in [1.54, 1.807) is 38.2 Å². The third-order valence-electron chi connectivity index (χ3n) is 10.3.